The number of guanidine groups is 1. The molecule has 1 amide bonds. The maximum atomic E-state index is 12.7. The van der Waals surface area contributed by atoms with Crippen LogP contribution < -0.4 is 16.0 Å². The van der Waals surface area contributed by atoms with Crippen molar-refractivity contribution in [3.8, 4) is 0 Å². The third-order valence-electron chi connectivity index (χ3n) is 3.39. The standard InChI is InChI=1S/C17H19F3N4O2.HI/c1-21-16(24-11-15(25)22-10-14-6-3-7-26-14)23-9-12-4-2-5-13(8-12)17(18,19)20;/h2-8H,9-11H2,1H3,(H,22,25)(H2,21,23,24);1H. The van der Waals surface area contributed by atoms with E-state index in [1.165, 1.54) is 19.4 Å². The van der Waals surface area contributed by atoms with Crippen LogP contribution in [0.15, 0.2) is 52.1 Å². The largest absolute Gasteiger partial charge is 0.467 e. The molecule has 1 aromatic carbocycles. The minimum Gasteiger partial charge on any atom is -0.467 e. The lowest BCUT2D eigenvalue weighted by Crippen LogP contribution is -2.42. The number of hydrogen-bond acceptors (Lipinski definition) is 3. The summed E-state index contributed by atoms with van der Waals surface area (Å²) in [4.78, 5) is 15.7. The molecule has 0 spiro atoms. The molecule has 0 unspecified atom stereocenters. The van der Waals surface area contributed by atoms with E-state index in [0.29, 0.717) is 17.3 Å². The molecule has 2 rings (SSSR count). The first-order valence-corrected chi connectivity index (χ1v) is 7.78. The average Bonchev–Trinajstić information content (AvgIpc) is 3.13. The van der Waals surface area contributed by atoms with E-state index in [-0.39, 0.29) is 49.5 Å². The quantitative estimate of drug-likeness (QED) is 0.327. The zero-order valence-corrected chi connectivity index (χ0v) is 16.8. The summed E-state index contributed by atoms with van der Waals surface area (Å²) in [6.07, 6.45) is -2.87. The second-order valence-electron chi connectivity index (χ2n) is 5.33. The van der Waals surface area contributed by atoms with Gasteiger partial charge in [-0.25, -0.2) is 0 Å². The van der Waals surface area contributed by atoms with Crippen molar-refractivity contribution in [2.45, 2.75) is 19.3 Å². The number of carbonyl (C=O) groups excluding carboxylic acids is 1. The summed E-state index contributed by atoms with van der Waals surface area (Å²) in [5.41, 5.74) is -0.262. The molecule has 3 N–H and O–H groups in total. The number of rotatable bonds is 6. The van der Waals surface area contributed by atoms with E-state index in [1.54, 1.807) is 18.2 Å². The highest BCUT2D eigenvalue weighted by Crippen LogP contribution is 2.29. The maximum absolute atomic E-state index is 12.7. The van der Waals surface area contributed by atoms with E-state index < -0.39 is 11.7 Å². The number of halogens is 4. The molecule has 0 atom stereocenters. The van der Waals surface area contributed by atoms with Gasteiger partial charge in [0.15, 0.2) is 5.96 Å². The molecule has 0 aliphatic carbocycles. The molecular formula is C17H20F3IN4O2. The number of alkyl halides is 3. The summed E-state index contributed by atoms with van der Waals surface area (Å²) in [5.74, 6) is 0.657. The third-order valence-corrected chi connectivity index (χ3v) is 3.39. The molecule has 0 fully saturated rings. The molecule has 0 aliphatic rings. The molecule has 6 nitrogen and oxygen atoms in total. The summed E-state index contributed by atoms with van der Waals surface area (Å²) >= 11 is 0. The van der Waals surface area contributed by atoms with E-state index in [1.807, 2.05) is 0 Å². The predicted molar refractivity (Wildman–Crippen MR) is 106 cm³/mol. The van der Waals surface area contributed by atoms with Gasteiger partial charge in [0.1, 0.15) is 5.76 Å². The molecular weight excluding hydrogens is 476 g/mol. The van der Waals surface area contributed by atoms with Gasteiger partial charge in [-0.2, -0.15) is 13.2 Å². The van der Waals surface area contributed by atoms with Crippen molar-refractivity contribution in [2.75, 3.05) is 13.6 Å². The van der Waals surface area contributed by atoms with Gasteiger partial charge in [-0.3, -0.25) is 9.79 Å². The number of nitrogens with zero attached hydrogens (tertiary/aromatic N) is 1. The Bertz CT molecular complexity index is 749. The van der Waals surface area contributed by atoms with Gasteiger partial charge in [-0.15, -0.1) is 24.0 Å². The number of aliphatic imine (C=N–C) groups is 1. The Morgan fingerprint density at radius 1 is 1.11 bits per heavy atom. The molecule has 0 aliphatic heterocycles. The monoisotopic (exact) mass is 496 g/mol. The highest BCUT2D eigenvalue weighted by atomic mass is 127. The topological polar surface area (TPSA) is 78.7 Å². The first kappa shape index (κ1) is 22.8. The van der Waals surface area contributed by atoms with Gasteiger partial charge >= 0.3 is 6.18 Å². The Morgan fingerprint density at radius 2 is 1.89 bits per heavy atom. The summed E-state index contributed by atoms with van der Waals surface area (Å²) in [5, 5.41) is 8.31. The summed E-state index contributed by atoms with van der Waals surface area (Å²) < 4.78 is 43.2. The van der Waals surface area contributed by atoms with Crippen LogP contribution >= 0.6 is 24.0 Å². The van der Waals surface area contributed by atoms with Crippen LogP contribution in [0.3, 0.4) is 0 Å². The second kappa shape index (κ2) is 10.8. The van der Waals surface area contributed by atoms with Crippen LogP contribution in [0.1, 0.15) is 16.9 Å². The lowest BCUT2D eigenvalue weighted by atomic mass is 10.1. The van der Waals surface area contributed by atoms with E-state index in [2.05, 4.69) is 20.9 Å². The summed E-state index contributed by atoms with van der Waals surface area (Å²) in [6.45, 7) is 0.365. The molecule has 27 heavy (non-hydrogen) atoms. The molecule has 148 valence electrons. The van der Waals surface area contributed by atoms with Crippen molar-refractivity contribution in [1.82, 2.24) is 16.0 Å². The van der Waals surface area contributed by atoms with Crippen LogP contribution in [0.25, 0.3) is 0 Å². The number of benzene rings is 1. The van der Waals surface area contributed by atoms with Crippen molar-refractivity contribution in [2.24, 2.45) is 4.99 Å². The average molecular weight is 496 g/mol. The normalized spacial score (nSPS) is 11.5. The fraction of sp³-hybridized carbons (Fsp3) is 0.294. The molecule has 0 saturated heterocycles. The van der Waals surface area contributed by atoms with Gasteiger partial charge in [0.25, 0.3) is 0 Å². The molecule has 0 radical (unpaired) electrons. The fourth-order valence-electron chi connectivity index (χ4n) is 2.09. The first-order chi connectivity index (χ1) is 12.4. The Hall–Kier alpha value is -2.24. The van der Waals surface area contributed by atoms with Gasteiger partial charge in [0, 0.05) is 13.6 Å². The van der Waals surface area contributed by atoms with Crippen molar-refractivity contribution >= 4 is 35.8 Å². The zero-order valence-electron chi connectivity index (χ0n) is 14.5. The molecule has 2 aromatic rings. The van der Waals surface area contributed by atoms with Crippen LogP contribution in [0.5, 0.6) is 0 Å². The van der Waals surface area contributed by atoms with Crippen LogP contribution in [0.4, 0.5) is 13.2 Å². The highest BCUT2D eigenvalue weighted by Gasteiger charge is 2.30. The predicted octanol–water partition coefficient (Wildman–Crippen LogP) is 2.90. The van der Waals surface area contributed by atoms with E-state index in [9.17, 15) is 18.0 Å². The smallest absolute Gasteiger partial charge is 0.416 e. The number of amides is 1. The minimum atomic E-state index is -4.39. The first-order valence-electron chi connectivity index (χ1n) is 7.78. The fourth-order valence-corrected chi connectivity index (χ4v) is 2.09. The summed E-state index contributed by atoms with van der Waals surface area (Å²) in [6, 6.07) is 8.46. The molecule has 1 aromatic heterocycles. The van der Waals surface area contributed by atoms with Crippen molar-refractivity contribution in [3.63, 3.8) is 0 Å². The lowest BCUT2D eigenvalue weighted by Gasteiger charge is -2.13. The van der Waals surface area contributed by atoms with Crippen LogP contribution in [0.2, 0.25) is 0 Å². The minimum absolute atomic E-state index is 0. The number of nitrogens with one attached hydrogen (secondary N) is 3. The Morgan fingerprint density at radius 3 is 2.52 bits per heavy atom. The SMILES string of the molecule is CN=C(NCC(=O)NCc1ccco1)NCc1cccc(C(F)(F)F)c1.I. The summed E-state index contributed by atoms with van der Waals surface area (Å²) in [7, 11) is 1.50. The zero-order chi connectivity index (χ0) is 19.0. The highest BCUT2D eigenvalue weighted by molar-refractivity contribution is 14.0. The van der Waals surface area contributed by atoms with E-state index in [4.69, 9.17) is 4.42 Å². The van der Waals surface area contributed by atoms with E-state index >= 15 is 0 Å². The molecule has 1 heterocycles. The molecule has 0 bridgehead atoms. The van der Waals surface area contributed by atoms with Gasteiger partial charge in [0.05, 0.1) is 24.9 Å². The molecule has 10 heteroatoms. The van der Waals surface area contributed by atoms with Gasteiger partial charge in [0.2, 0.25) is 5.91 Å². The van der Waals surface area contributed by atoms with Crippen molar-refractivity contribution in [3.05, 3.63) is 59.5 Å². The van der Waals surface area contributed by atoms with Crippen molar-refractivity contribution in [1.29, 1.82) is 0 Å². The van der Waals surface area contributed by atoms with Gasteiger partial charge in [-0.05, 0) is 29.8 Å². The van der Waals surface area contributed by atoms with Crippen LogP contribution in [0, 0.1) is 0 Å². The van der Waals surface area contributed by atoms with Gasteiger partial charge in [-0.1, -0.05) is 12.1 Å². The third kappa shape index (κ3) is 7.89. The lowest BCUT2D eigenvalue weighted by molar-refractivity contribution is -0.137. The van der Waals surface area contributed by atoms with Gasteiger partial charge < -0.3 is 20.4 Å². The Labute approximate surface area is 171 Å². The Balaban J connectivity index is 0.00000364. The molecule has 0 saturated carbocycles. The van der Waals surface area contributed by atoms with Crippen LogP contribution in [-0.2, 0) is 24.1 Å². The van der Waals surface area contributed by atoms with E-state index in [0.717, 1.165) is 12.1 Å². The number of furan rings is 1. The number of carbonyl (C=O) groups is 1. The van der Waals surface area contributed by atoms with Crippen LogP contribution in [-0.4, -0.2) is 25.5 Å². The van der Waals surface area contributed by atoms with Crippen molar-refractivity contribution < 1.29 is 22.4 Å². The second-order valence-corrected chi connectivity index (χ2v) is 5.33. The Kier molecular flexibility index (Phi) is 9.12. The maximum Gasteiger partial charge on any atom is 0.416 e. The number of hydrogen-bond donors (Lipinski definition) is 3.